The molecule has 1 aromatic heterocycles. The normalized spacial score (nSPS) is 14.8. The van der Waals surface area contributed by atoms with Crippen molar-refractivity contribution in [1.29, 1.82) is 0 Å². The van der Waals surface area contributed by atoms with Crippen molar-refractivity contribution in [3.05, 3.63) is 82.1 Å². The Hall–Kier alpha value is -4.40. The second kappa shape index (κ2) is 7.55. The summed E-state index contributed by atoms with van der Waals surface area (Å²) in [5.74, 6) is -0.132. The maximum Gasteiger partial charge on any atom is 0.282 e. The number of hydrazine groups is 1. The number of nitrogens with zero attached hydrogens (tertiary/aromatic N) is 2. The predicted molar refractivity (Wildman–Crippen MR) is 107 cm³/mol. The van der Waals surface area contributed by atoms with Crippen LogP contribution in [0, 0.1) is 10.1 Å². The van der Waals surface area contributed by atoms with Crippen LogP contribution in [0.25, 0.3) is 17.4 Å². The third kappa shape index (κ3) is 3.39. The van der Waals surface area contributed by atoms with E-state index in [-0.39, 0.29) is 22.8 Å². The fraction of sp³-hybridized carbons (Fsp3) is 0.0476. The molecule has 2 amide bonds. The molecule has 4 rings (SSSR count). The number of nitrogens with one attached hydrogen (secondary N) is 1. The van der Waals surface area contributed by atoms with E-state index in [1.807, 2.05) is 0 Å². The first-order chi connectivity index (χ1) is 14.5. The smallest absolute Gasteiger partial charge is 0.282 e. The van der Waals surface area contributed by atoms with Gasteiger partial charge in [0.1, 0.15) is 22.8 Å². The molecular weight excluding hydrogens is 390 g/mol. The number of carbonyl (C=O) groups is 2. The summed E-state index contributed by atoms with van der Waals surface area (Å²) < 4.78 is 11.0. The van der Waals surface area contributed by atoms with Gasteiger partial charge in [0.25, 0.3) is 17.5 Å². The molecule has 0 spiro atoms. The zero-order chi connectivity index (χ0) is 21.3. The van der Waals surface area contributed by atoms with Crippen LogP contribution in [-0.2, 0) is 9.59 Å². The van der Waals surface area contributed by atoms with Gasteiger partial charge in [0.2, 0.25) is 0 Å². The lowest BCUT2D eigenvalue weighted by Gasteiger charge is -2.13. The van der Waals surface area contributed by atoms with Crippen LogP contribution < -0.4 is 15.2 Å². The molecule has 0 aliphatic carbocycles. The summed E-state index contributed by atoms with van der Waals surface area (Å²) in [5, 5.41) is 12.1. The van der Waals surface area contributed by atoms with Crippen LogP contribution in [0.15, 0.2) is 70.7 Å². The van der Waals surface area contributed by atoms with Gasteiger partial charge in [-0.1, -0.05) is 18.2 Å². The van der Waals surface area contributed by atoms with E-state index in [1.165, 1.54) is 31.4 Å². The molecule has 0 radical (unpaired) electrons. The number of carbonyl (C=O) groups excluding carboxylic acids is 2. The lowest BCUT2D eigenvalue weighted by atomic mass is 10.1. The van der Waals surface area contributed by atoms with Gasteiger partial charge in [0.15, 0.2) is 0 Å². The van der Waals surface area contributed by atoms with Crippen LogP contribution in [0.1, 0.15) is 5.76 Å². The van der Waals surface area contributed by atoms with Gasteiger partial charge < -0.3 is 9.15 Å². The number of nitro groups is 1. The second-order valence-corrected chi connectivity index (χ2v) is 6.32. The zero-order valence-corrected chi connectivity index (χ0v) is 15.7. The van der Waals surface area contributed by atoms with Crippen LogP contribution in [-0.4, -0.2) is 23.8 Å². The molecule has 0 atom stereocenters. The minimum absolute atomic E-state index is 0.0737. The molecule has 9 heteroatoms. The van der Waals surface area contributed by atoms with Gasteiger partial charge in [-0.2, -0.15) is 0 Å². The fourth-order valence-electron chi connectivity index (χ4n) is 3.03. The van der Waals surface area contributed by atoms with Crippen molar-refractivity contribution in [2.75, 3.05) is 12.1 Å². The largest absolute Gasteiger partial charge is 0.496 e. The summed E-state index contributed by atoms with van der Waals surface area (Å²) in [6.45, 7) is 0. The second-order valence-electron chi connectivity index (χ2n) is 6.32. The molecule has 0 saturated carbocycles. The first-order valence-corrected chi connectivity index (χ1v) is 8.83. The van der Waals surface area contributed by atoms with Crippen molar-refractivity contribution in [2.24, 2.45) is 0 Å². The number of nitro benzene ring substituents is 1. The van der Waals surface area contributed by atoms with E-state index in [4.69, 9.17) is 9.15 Å². The first-order valence-electron chi connectivity index (χ1n) is 8.83. The molecule has 1 aliphatic heterocycles. The highest BCUT2D eigenvalue weighted by molar-refractivity contribution is 6.31. The van der Waals surface area contributed by atoms with E-state index in [9.17, 15) is 19.7 Å². The summed E-state index contributed by atoms with van der Waals surface area (Å²) in [6, 6.07) is 16.1. The average Bonchev–Trinajstić information content (AvgIpc) is 3.34. The van der Waals surface area contributed by atoms with E-state index in [1.54, 1.807) is 42.5 Å². The number of benzene rings is 2. The van der Waals surface area contributed by atoms with Crippen molar-refractivity contribution in [3.63, 3.8) is 0 Å². The number of para-hydroxylation sites is 1. The zero-order valence-electron chi connectivity index (χ0n) is 15.7. The van der Waals surface area contributed by atoms with Gasteiger partial charge in [-0.15, -0.1) is 0 Å². The third-order valence-electron chi connectivity index (χ3n) is 4.48. The maximum atomic E-state index is 12.6. The first kappa shape index (κ1) is 18.9. The van der Waals surface area contributed by atoms with Gasteiger partial charge in [0, 0.05) is 6.07 Å². The van der Waals surface area contributed by atoms with Crippen LogP contribution >= 0.6 is 0 Å². The number of hydrogen-bond donors (Lipinski definition) is 1. The highest BCUT2D eigenvalue weighted by Gasteiger charge is 2.34. The van der Waals surface area contributed by atoms with Crippen molar-refractivity contribution >= 4 is 29.3 Å². The van der Waals surface area contributed by atoms with Gasteiger partial charge in [-0.3, -0.25) is 25.1 Å². The van der Waals surface area contributed by atoms with E-state index in [0.29, 0.717) is 17.0 Å². The molecule has 0 unspecified atom stereocenters. The van der Waals surface area contributed by atoms with Gasteiger partial charge in [-0.25, -0.2) is 5.01 Å². The molecular formula is C21H15N3O6. The molecule has 1 N–H and O–H groups in total. The van der Waals surface area contributed by atoms with E-state index < -0.39 is 16.7 Å². The Morgan fingerprint density at radius 3 is 2.57 bits per heavy atom. The van der Waals surface area contributed by atoms with Crippen molar-refractivity contribution in [3.8, 4) is 17.1 Å². The standard InChI is InChI=1S/C21H15N3O6/c1-29-19-11-14(24(27)28)7-9-16(19)18-10-8-15(30-18)12-17-20(25)22-23(21(17)26)13-5-3-2-4-6-13/h2-12H,1H3,(H,22,25)/b17-12-. The molecule has 1 saturated heterocycles. The molecule has 1 fully saturated rings. The number of anilines is 1. The third-order valence-corrected chi connectivity index (χ3v) is 4.48. The molecule has 150 valence electrons. The minimum Gasteiger partial charge on any atom is -0.496 e. The van der Waals surface area contributed by atoms with Crippen LogP contribution in [0.3, 0.4) is 0 Å². The Bertz CT molecular complexity index is 1180. The number of amides is 2. The Kier molecular flexibility index (Phi) is 4.77. The predicted octanol–water partition coefficient (Wildman–Crippen LogP) is 3.32. The Labute approximate surface area is 170 Å². The number of hydrogen-bond acceptors (Lipinski definition) is 6. The maximum absolute atomic E-state index is 12.6. The van der Waals surface area contributed by atoms with Crippen molar-refractivity contribution in [1.82, 2.24) is 5.43 Å². The molecule has 30 heavy (non-hydrogen) atoms. The molecule has 9 nitrogen and oxygen atoms in total. The summed E-state index contributed by atoms with van der Waals surface area (Å²) in [5.41, 5.74) is 3.37. The van der Waals surface area contributed by atoms with E-state index >= 15 is 0 Å². The number of ether oxygens (including phenoxy) is 1. The highest BCUT2D eigenvalue weighted by Crippen LogP contribution is 2.34. The number of non-ortho nitro benzene ring substituents is 1. The monoisotopic (exact) mass is 405 g/mol. The summed E-state index contributed by atoms with van der Waals surface area (Å²) in [4.78, 5) is 35.4. The number of furan rings is 1. The van der Waals surface area contributed by atoms with Gasteiger partial charge in [-0.05, 0) is 36.4 Å². The minimum atomic E-state index is -0.547. The van der Waals surface area contributed by atoms with E-state index in [2.05, 4.69) is 5.43 Å². The molecule has 1 aliphatic rings. The molecule has 3 aromatic rings. The van der Waals surface area contributed by atoms with Crippen molar-refractivity contribution < 1.29 is 23.7 Å². The average molecular weight is 405 g/mol. The topological polar surface area (TPSA) is 115 Å². The lowest BCUT2D eigenvalue weighted by Crippen LogP contribution is -2.35. The number of methoxy groups -OCH3 is 1. The summed E-state index contributed by atoms with van der Waals surface area (Å²) >= 11 is 0. The fourth-order valence-corrected chi connectivity index (χ4v) is 3.03. The quantitative estimate of drug-likeness (QED) is 0.301. The molecule has 2 heterocycles. The van der Waals surface area contributed by atoms with Crippen LogP contribution in [0.5, 0.6) is 5.75 Å². The summed E-state index contributed by atoms with van der Waals surface area (Å²) in [6.07, 6.45) is 1.35. The Balaban J connectivity index is 1.63. The number of rotatable bonds is 5. The Morgan fingerprint density at radius 1 is 1.10 bits per heavy atom. The van der Waals surface area contributed by atoms with Crippen LogP contribution in [0.4, 0.5) is 11.4 Å². The lowest BCUT2D eigenvalue weighted by molar-refractivity contribution is -0.384. The Morgan fingerprint density at radius 2 is 1.87 bits per heavy atom. The van der Waals surface area contributed by atoms with E-state index in [0.717, 1.165) is 5.01 Å². The van der Waals surface area contributed by atoms with Crippen molar-refractivity contribution in [2.45, 2.75) is 0 Å². The SMILES string of the molecule is COc1cc([N+](=O)[O-])ccc1-c1ccc(/C=C2/C(=O)NN(c3ccccc3)C2=O)o1. The molecule has 2 aromatic carbocycles. The van der Waals surface area contributed by atoms with Gasteiger partial charge >= 0.3 is 0 Å². The molecule has 0 bridgehead atoms. The van der Waals surface area contributed by atoms with Gasteiger partial charge in [0.05, 0.1) is 29.4 Å². The highest BCUT2D eigenvalue weighted by atomic mass is 16.6. The summed E-state index contributed by atoms with van der Waals surface area (Å²) in [7, 11) is 1.40. The van der Waals surface area contributed by atoms with Crippen LogP contribution in [0.2, 0.25) is 0 Å².